The molecule has 10 heterocycles. The highest BCUT2D eigenvalue weighted by Gasteiger charge is 2.16. The van der Waals surface area contributed by atoms with E-state index in [0.717, 1.165) is 67.7 Å². The van der Waals surface area contributed by atoms with Crippen molar-refractivity contribution < 1.29 is 0 Å². The highest BCUT2D eigenvalue weighted by Crippen LogP contribution is 2.23. The lowest BCUT2D eigenvalue weighted by Crippen LogP contribution is -2.14. The molecule has 528 valence electrons. The van der Waals surface area contributed by atoms with Crippen LogP contribution < -0.4 is 0 Å². The molecule has 0 aliphatic carbocycles. The number of hydrogen-bond donors (Lipinski definition) is 0. The maximum Gasteiger partial charge on any atom is 0.130 e. The van der Waals surface area contributed by atoms with Gasteiger partial charge < -0.3 is 0 Å². The highest BCUT2D eigenvalue weighted by molar-refractivity contribution is 6.30. The summed E-state index contributed by atoms with van der Waals surface area (Å²) in [6.07, 6.45) is 23.0. The van der Waals surface area contributed by atoms with Crippen LogP contribution in [0.4, 0.5) is 0 Å². The second-order valence-corrected chi connectivity index (χ2v) is 28.2. The van der Waals surface area contributed by atoms with E-state index in [4.69, 9.17) is 34.8 Å². The summed E-state index contributed by atoms with van der Waals surface area (Å²) in [6.45, 7) is 52.6. The molecule has 0 bridgehead atoms. The largest absolute Gasteiger partial charge is 0.261 e. The predicted molar refractivity (Wildman–Crippen MR) is 413 cm³/mol. The van der Waals surface area contributed by atoms with Gasteiger partial charge in [0.15, 0.2) is 0 Å². The third-order valence-corrected chi connectivity index (χ3v) is 14.3. The van der Waals surface area contributed by atoms with Crippen molar-refractivity contribution in [1.29, 1.82) is 0 Å². The Morgan fingerprint density at radius 2 is 0.816 bits per heavy atom. The molecule has 0 spiro atoms. The second-order valence-electron chi connectivity index (χ2n) is 26.9. The van der Waals surface area contributed by atoms with Crippen molar-refractivity contribution in [2.75, 3.05) is 0 Å². The van der Waals surface area contributed by atoms with E-state index in [0.29, 0.717) is 63.4 Å². The molecule has 10 rings (SSSR count). The van der Waals surface area contributed by atoms with E-state index in [1.54, 1.807) is 61.8 Å². The molecule has 0 N–H and O–H groups in total. The molecule has 0 saturated heterocycles. The number of pyridine rings is 6. The van der Waals surface area contributed by atoms with Crippen molar-refractivity contribution in [2.45, 2.75) is 232 Å². The zero-order chi connectivity index (χ0) is 73.9. The molecule has 0 radical (unpaired) electrons. The first-order chi connectivity index (χ1) is 46.1. The van der Waals surface area contributed by atoms with Crippen LogP contribution >= 0.6 is 34.8 Å². The van der Waals surface area contributed by atoms with Crippen molar-refractivity contribution in [3.63, 3.8) is 0 Å². The molecule has 0 aromatic carbocycles. The third kappa shape index (κ3) is 40.1. The van der Waals surface area contributed by atoms with Crippen LogP contribution in [0.5, 0.6) is 0 Å². The SMILES string of the molecule is CC(C)c1cc(Cl)ccn1.CC(C)c1ccc(Cl)cn1.CC(C)c1cccc(Cl)n1.CC(C)c1ccccn1.CC(C)c1ccncn1.CC(C)c1cnccn1.Cc1cccc(C(C)C)n1.Cc1cccnc1C(C)(C)C.Cc1cnc(C(C)C)cn1.Cc1cnc(C(C)C)nc1. The van der Waals surface area contributed by atoms with Crippen molar-refractivity contribution in [3.05, 3.63) is 273 Å². The number of rotatable bonds is 9. The van der Waals surface area contributed by atoms with E-state index in [1.807, 2.05) is 118 Å². The Balaban J connectivity index is 0.000000545. The van der Waals surface area contributed by atoms with E-state index >= 15 is 0 Å². The van der Waals surface area contributed by atoms with Gasteiger partial charge in [0.25, 0.3) is 0 Å². The molecule has 0 aliphatic rings. The van der Waals surface area contributed by atoms with Gasteiger partial charge in [-0.25, -0.2) is 24.9 Å². The van der Waals surface area contributed by atoms with Crippen LogP contribution in [0.15, 0.2) is 178 Å². The lowest BCUT2D eigenvalue weighted by atomic mass is 9.89. The summed E-state index contributed by atoms with van der Waals surface area (Å²) in [7, 11) is 0. The average Bonchev–Trinajstić information content (AvgIpc) is 0.917. The maximum absolute atomic E-state index is 5.75. The Morgan fingerprint density at radius 3 is 1.18 bits per heavy atom. The molecule has 0 atom stereocenters. The smallest absolute Gasteiger partial charge is 0.130 e. The number of aromatic nitrogens is 14. The van der Waals surface area contributed by atoms with E-state index < -0.39 is 0 Å². The van der Waals surface area contributed by atoms with Gasteiger partial charge in [-0.1, -0.05) is 204 Å². The summed E-state index contributed by atoms with van der Waals surface area (Å²) in [5.41, 5.74) is 14.6. The monoisotopic (exact) mass is 1390 g/mol. The van der Waals surface area contributed by atoms with Crippen molar-refractivity contribution in [1.82, 2.24) is 69.8 Å². The van der Waals surface area contributed by atoms with Gasteiger partial charge in [-0.2, -0.15) is 0 Å². The van der Waals surface area contributed by atoms with Crippen LogP contribution in [0.2, 0.25) is 15.2 Å². The first kappa shape index (κ1) is 88.1. The Hall–Kier alpha value is -7.91. The standard InChI is InChI=1S/C10H15N.C9H13N.3C8H10ClN.2C8H12N2.C8H11N.2C7H10N2/c1-8-6-5-7-11-9(8)10(2,3)4;1-7(2)9-6-4-5-8(3)10-9;1-6(2)8-5-7(9)3-4-10-8;1-6(2)8-4-3-7(9)5-10-8;1-6(2)7-4-3-5-8(9)10-7;1-6(2)8-5-9-7(3)4-10-8;1-6(2)8-9-4-7(3)5-10-8;1-7(2)8-5-3-4-6-9-8;1-6(2)7-5-8-3-4-9-7;1-6(2)7-3-4-8-5-9-7/h5-7H,1-4H3;4-7H,1-3H3;3*3-6H,1-2H3;2*4-6H,1-3H3;3-7H,1-2H3;2*3-6H,1-2H3. The topological polar surface area (TPSA) is 180 Å². The lowest BCUT2D eigenvalue weighted by Gasteiger charge is -2.19. The summed E-state index contributed by atoms with van der Waals surface area (Å²) in [5.74, 6) is 5.31. The Kier molecular flexibility index (Phi) is 43.8. The summed E-state index contributed by atoms with van der Waals surface area (Å²) < 4.78 is 0. The van der Waals surface area contributed by atoms with Crippen LogP contribution in [0.3, 0.4) is 0 Å². The summed E-state index contributed by atoms with van der Waals surface area (Å²) in [4.78, 5) is 58.0. The fourth-order valence-corrected chi connectivity index (χ4v) is 8.19. The quantitative estimate of drug-likeness (QED) is 0.125. The van der Waals surface area contributed by atoms with Gasteiger partial charge >= 0.3 is 0 Å². The van der Waals surface area contributed by atoms with Gasteiger partial charge in [0, 0.05) is 136 Å². The number of aryl methyl sites for hydroxylation is 4. The van der Waals surface area contributed by atoms with Crippen molar-refractivity contribution in [3.8, 4) is 0 Å². The zero-order valence-electron chi connectivity index (χ0n) is 63.3. The van der Waals surface area contributed by atoms with E-state index in [-0.39, 0.29) is 5.41 Å². The van der Waals surface area contributed by atoms with Crippen molar-refractivity contribution in [2.24, 2.45) is 0 Å². The molecule has 14 nitrogen and oxygen atoms in total. The minimum Gasteiger partial charge on any atom is -0.261 e. The van der Waals surface area contributed by atoms with Crippen LogP contribution in [0, 0.1) is 27.7 Å². The fraction of sp³-hybridized carbons (Fsp3) is 0.432. The number of nitrogens with zero attached hydrogens (tertiary/aromatic N) is 14. The van der Waals surface area contributed by atoms with Gasteiger partial charge in [-0.3, -0.25) is 44.9 Å². The lowest BCUT2D eigenvalue weighted by molar-refractivity contribution is 0.564. The van der Waals surface area contributed by atoms with Crippen LogP contribution in [-0.4, -0.2) is 69.8 Å². The molecule has 0 unspecified atom stereocenters. The minimum absolute atomic E-state index is 0.172. The first-order valence-corrected chi connectivity index (χ1v) is 35.0. The van der Waals surface area contributed by atoms with Gasteiger partial charge in [-0.05, 0) is 159 Å². The summed E-state index contributed by atoms with van der Waals surface area (Å²) in [5, 5.41) is 2.04. The third-order valence-electron chi connectivity index (χ3n) is 13.6. The predicted octanol–water partition coefficient (Wildman–Crippen LogP) is 23.0. The molecule has 0 saturated carbocycles. The van der Waals surface area contributed by atoms with Gasteiger partial charge in [-0.15, -0.1) is 0 Å². The normalized spacial score (nSPS) is 10.5. The Bertz CT molecular complexity index is 3280. The van der Waals surface area contributed by atoms with Crippen molar-refractivity contribution >= 4 is 34.8 Å². The molecule has 98 heavy (non-hydrogen) atoms. The molecule has 17 heteroatoms. The molecule has 0 aliphatic heterocycles. The van der Waals surface area contributed by atoms with E-state index in [9.17, 15) is 0 Å². The van der Waals surface area contributed by atoms with Crippen LogP contribution in [-0.2, 0) is 5.41 Å². The molecular weight excluding hydrogens is 1280 g/mol. The van der Waals surface area contributed by atoms with Gasteiger partial charge in [0.05, 0.1) is 22.1 Å². The molecule has 10 aromatic heterocycles. The molecule has 10 aromatic rings. The van der Waals surface area contributed by atoms with Crippen LogP contribution in [0.1, 0.15) is 278 Å². The summed E-state index contributed by atoms with van der Waals surface area (Å²) >= 11 is 17.1. The van der Waals surface area contributed by atoms with E-state index in [1.165, 1.54) is 17.0 Å². The highest BCUT2D eigenvalue weighted by atomic mass is 35.5. The minimum atomic E-state index is 0.172. The Morgan fingerprint density at radius 1 is 0.306 bits per heavy atom. The van der Waals surface area contributed by atoms with E-state index in [2.05, 4.69) is 240 Å². The fourth-order valence-electron chi connectivity index (χ4n) is 7.74. The maximum atomic E-state index is 5.75. The molecule has 0 fully saturated rings. The zero-order valence-corrected chi connectivity index (χ0v) is 65.6. The Labute approximate surface area is 605 Å². The first-order valence-electron chi connectivity index (χ1n) is 33.8. The molecule has 0 amide bonds. The average molecular weight is 1390 g/mol. The van der Waals surface area contributed by atoms with Gasteiger partial charge in [0.2, 0.25) is 0 Å². The molecular formula is C81H113Cl3N14. The summed E-state index contributed by atoms with van der Waals surface area (Å²) in [6, 6.07) is 31.3. The second kappa shape index (κ2) is 48.7. The van der Waals surface area contributed by atoms with Crippen LogP contribution in [0.25, 0.3) is 0 Å². The number of hydrogen-bond acceptors (Lipinski definition) is 14. The van der Waals surface area contributed by atoms with Gasteiger partial charge in [0.1, 0.15) is 17.3 Å². The number of halogens is 3.